The number of amides is 2. The van der Waals surface area contributed by atoms with Crippen LogP contribution in [0.5, 0.6) is 0 Å². The molecule has 2 amide bonds. The Kier molecular flexibility index (Phi) is 4.98. The lowest BCUT2D eigenvalue weighted by atomic mass is 10.1. The molecule has 0 saturated carbocycles. The van der Waals surface area contributed by atoms with Gasteiger partial charge < -0.3 is 16.2 Å². The van der Waals surface area contributed by atoms with Crippen LogP contribution in [0.25, 0.3) is 0 Å². The van der Waals surface area contributed by atoms with Gasteiger partial charge in [0.2, 0.25) is 11.8 Å². The van der Waals surface area contributed by atoms with E-state index >= 15 is 0 Å². The van der Waals surface area contributed by atoms with Crippen LogP contribution in [0.4, 0.5) is 0 Å². The van der Waals surface area contributed by atoms with Gasteiger partial charge in [-0.25, -0.2) is 4.79 Å². The van der Waals surface area contributed by atoms with Gasteiger partial charge in [-0.3, -0.25) is 9.59 Å². The highest BCUT2D eigenvalue weighted by Crippen LogP contribution is 1.97. The number of primary amides is 1. The number of carboxylic acids is 1. The zero-order chi connectivity index (χ0) is 11.1. The van der Waals surface area contributed by atoms with E-state index in [-0.39, 0.29) is 12.8 Å². The lowest BCUT2D eigenvalue weighted by molar-refractivity contribution is -0.141. The molecule has 0 aromatic heterocycles. The van der Waals surface area contributed by atoms with Crippen LogP contribution in [-0.2, 0) is 14.4 Å². The summed E-state index contributed by atoms with van der Waals surface area (Å²) in [4.78, 5) is 31.7. The van der Waals surface area contributed by atoms with Gasteiger partial charge >= 0.3 is 5.97 Å². The summed E-state index contributed by atoms with van der Waals surface area (Å²) in [5, 5.41) is 10.8. The lowest BCUT2D eigenvalue weighted by Crippen LogP contribution is -2.40. The van der Waals surface area contributed by atoms with Crippen LogP contribution in [0.1, 0.15) is 12.8 Å². The van der Waals surface area contributed by atoms with Crippen LogP contribution in [0.3, 0.4) is 0 Å². The fourth-order valence-electron chi connectivity index (χ4n) is 0.775. The molecule has 0 bridgehead atoms. The molecule has 14 heavy (non-hydrogen) atoms. The Balaban J connectivity index is 4.15. The van der Waals surface area contributed by atoms with Crippen molar-refractivity contribution in [3.8, 4) is 0 Å². The zero-order valence-electron chi connectivity index (χ0n) is 7.53. The highest BCUT2D eigenvalue weighted by Gasteiger charge is 2.18. The van der Waals surface area contributed by atoms with E-state index in [4.69, 9.17) is 10.8 Å². The fraction of sp³-hybridized carbons (Fsp3) is 0.375. The van der Waals surface area contributed by atoms with Crippen molar-refractivity contribution < 1.29 is 19.5 Å². The Hall–Kier alpha value is -1.85. The number of hydrogen-bond acceptors (Lipinski definition) is 3. The van der Waals surface area contributed by atoms with Crippen LogP contribution in [0.2, 0.25) is 0 Å². The quantitative estimate of drug-likeness (QED) is 0.478. The van der Waals surface area contributed by atoms with Gasteiger partial charge in [-0.05, 0) is 12.5 Å². The monoisotopic (exact) mass is 200 g/mol. The van der Waals surface area contributed by atoms with Crippen molar-refractivity contribution >= 4 is 17.8 Å². The Morgan fingerprint density at radius 1 is 1.50 bits per heavy atom. The average molecular weight is 200 g/mol. The molecule has 0 heterocycles. The maximum Gasteiger partial charge on any atom is 0.326 e. The molecule has 0 rings (SSSR count). The first-order valence-corrected chi connectivity index (χ1v) is 3.91. The van der Waals surface area contributed by atoms with Crippen molar-refractivity contribution in [2.75, 3.05) is 0 Å². The van der Waals surface area contributed by atoms with Gasteiger partial charge in [0.15, 0.2) is 0 Å². The number of carbonyl (C=O) groups excluding carboxylic acids is 2. The Bertz CT molecular complexity index is 262. The molecule has 4 N–H and O–H groups in total. The maximum atomic E-state index is 10.8. The van der Waals surface area contributed by atoms with Crippen LogP contribution >= 0.6 is 0 Å². The average Bonchev–Trinajstić information content (AvgIpc) is 2.10. The van der Waals surface area contributed by atoms with Crippen molar-refractivity contribution in [2.45, 2.75) is 18.9 Å². The molecular formula is C8H12N2O4. The van der Waals surface area contributed by atoms with Gasteiger partial charge in [-0.15, -0.1) is 0 Å². The molecular weight excluding hydrogens is 188 g/mol. The molecule has 0 saturated heterocycles. The number of hydrogen-bond donors (Lipinski definition) is 3. The molecule has 0 aliphatic rings. The number of carbonyl (C=O) groups is 3. The first-order valence-electron chi connectivity index (χ1n) is 3.91. The first kappa shape index (κ1) is 12.2. The molecule has 0 unspecified atom stereocenters. The summed E-state index contributed by atoms with van der Waals surface area (Å²) in [6.07, 6.45) is 0.846. The van der Waals surface area contributed by atoms with Crippen molar-refractivity contribution in [1.82, 2.24) is 5.32 Å². The van der Waals surface area contributed by atoms with E-state index in [0.717, 1.165) is 6.08 Å². The summed E-state index contributed by atoms with van der Waals surface area (Å²) in [5.41, 5.74) is 4.84. The molecule has 6 nitrogen and oxygen atoms in total. The van der Waals surface area contributed by atoms with E-state index in [9.17, 15) is 14.4 Å². The van der Waals surface area contributed by atoms with E-state index in [2.05, 4.69) is 11.9 Å². The molecule has 0 aliphatic carbocycles. The minimum absolute atomic E-state index is 0.0236. The minimum atomic E-state index is -1.21. The van der Waals surface area contributed by atoms with Gasteiger partial charge in [-0.2, -0.15) is 0 Å². The second-order valence-electron chi connectivity index (χ2n) is 2.61. The van der Waals surface area contributed by atoms with Gasteiger partial charge in [0, 0.05) is 6.42 Å². The molecule has 0 aliphatic heterocycles. The highest BCUT2D eigenvalue weighted by molar-refractivity contribution is 5.90. The third kappa shape index (κ3) is 4.91. The van der Waals surface area contributed by atoms with Crippen molar-refractivity contribution in [3.05, 3.63) is 12.7 Å². The predicted octanol–water partition coefficient (Wildman–Crippen LogP) is -0.993. The van der Waals surface area contributed by atoms with Crippen LogP contribution in [0, 0.1) is 0 Å². The number of aliphatic carboxylic acids is 1. The number of rotatable bonds is 6. The Morgan fingerprint density at radius 3 is 2.43 bits per heavy atom. The third-order valence-electron chi connectivity index (χ3n) is 1.48. The summed E-state index contributed by atoms with van der Waals surface area (Å²) in [6, 6.07) is -1.10. The summed E-state index contributed by atoms with van der Waals surface area (Å²) >= 11 is 0. The van der Waals surface area contributed by atoms with Crippen LogP contribution < -0.4 is 11.1 Å². The molecule has 0 fully saturated rings. The molecule has 0 aromatic carbocycles. The third-order valence-corrected chi connectivity index (χ3v) is 1.48. The van der Waals surface area contributed by atoms with Gasteiger partial charge in [0.25, 0.3) is 0 Å². The number of nitrogens with one attached hydrogen (secondary N) is 1. The van der Waals surface area contributed by atoms with Gasteiger partial charge in [0.05, 0.1) is 0 Å². The van der Waals surface area contributed by atoms with E-state index in [1.54, 1.807) is 0 Å². The largest absolute Gasteiger partial charge is 0.480 e. The highest BCUT2D eigenvalue weighted by atomic mass is 16.4. The van der Waals surface area contributed by atoms with E-state index in [1.807, 2.05) is 0 Å². The normalized spacial score (nSPS) is 11.4. The number of nitrogens with two attached hydrogens (primary N) is 1. The summed E-state index contributed by atoms with van der Waals surface area (Å²) in [5.74, 6) is -2.41. The topological polar surface area (TPSA) is 109 Å². The van der Waals surface area contributed by atoms with E-state index in [0.29, 0.717) is 0 Å². The molecule has 1 atom stereocenters. The SMILES string of the molecule is C=CC(=O)N[C@@H](CCC(N)=O)C(=O)O. The van der Waals surface area contributed by atoms with Crippen molar-refractivity contribution in [3.63, 3.8) is 0 Å². The predicted molar refractivity (Wildman–Crippen MR) is 48.2 cm³/mol. The standard InChI is InChI=1S/C8H12N2O4/c1-2-7(12)10-5(8(13)14)3-4-6(9)11/h2,5H,1,3-4H2,(H2,9,11)(H,10,12)(H,13,14)/t5-/m0/s1. The molecule has 78 valence electrons. The molecule has 6 heteroatoms. The van der Waals surface area contributed by atoms with Crippen LogP contribution in [-0.4, -0.2) is 28.9 Å². The number of carboxylic acid groups (broad SMARTS) is 1. The van der Waals surface area contributed by atoms with Gasteiger partial charge in [-0.1, -0.05) is 6.58 Å². The maximum absolute atomic E-state index is 10.8. The summed E-state index contributed by atoms with van der Waals surface area (Å²) < 4.78 is 0. The van der Waals surface area contributed by atoms with Crippen molar-refractivity contribution in [2.24, 2.45) is 5.73 Å². The zero-order valence-corrected chi connectivity index (χ0v) is 7.53. The Morgan fingerprint density at radius 2 is 2.07 bits per heavy atom. The molecule has 0 spiro atoms. The summed E-state index contributed by atoms with van der Waals surface area (Å²) in [7, 11) is 0. The second kappa shape index (κ2) is 5.74. The lowest BCUT2D eigenvalue weighted by Gasteiger charge is -2.11. The minimum Gasteiger partial charge on any atom is -0.480 e. The molecule has 0 radical (unpaired) electrons. The van der Waals surface area contributed by atoms with Crippen molar-refractivity contribution in [1.29, 1.82) is 0 Å². The first-order chi connectivity index (χ1) is 6.47. The fourth-order valence-corrected chi connectivity index (χ4v) is 0.775. The van der Waals surface area contributed by atoms with Crippen LogP contribution in [0.15, 0.2) is 12.7 Å². The smallest absolute Gasteiger partial charge is 0.326 e. The second-order valence-corrected chi connectivity index (χ2v) is 2.61. The van der Waals surface area contributed by atoms with E-state index < -0.39 is 23.8 Å². The summed E-state index contributed by atoms with van der Waals surface area (Å²) in [6.45, 7) is 3.17. The molecule has 0 aromatic rings. The van der Waals surface area contributed by atoms with Gasteiger partial charge in [0.1, 0.15) is 6.04 Å². The Labute approximate surface area is 80.8 Å². The van der Waals surface area contributed by atoms with E-state index in [1.165, 1.54) is 0 Å².